The van der Waals surface area contributed by atoms with Gasteiger partial charge in [0.15, 0.2) is 6.23 Å². The molecule has 9 heteroatoms. The number of nitrogens with two attached hydrogens (primary N) is 1. The first-order valence-electron chi connectivity index (χ1n) is 8.53. The largest absolute Gasteiger partial charge is 0.387 e. The molecule has 5 atom stereocenters. The van der Waals surface area contributed by atoms with Gasteiger partial charge in [0.2, 0.25) is 0 Å². The van der Waals surface area contributed by atoms with Crippen LogP contribution in [0.3, 0.4) is 0 Å². The number of fused-ring (bicyclic) bond motifs is 2. The third kappa shape index (κ3) is 2.53. The molecular formula is C18H17ClN4O4. The molecule has 5 rings (SSSR count). The average Bonchev–Trinajstić information content (AvgIpc) is 3.33. The summed E-state index contributed by atoms with van der Waals surface area (Å²) >= 11 is 6.11. The van der Waals surface area contributed by atoms with E-state index in [1.165, 1.54) is 6.33 Å². The maximum Gasteiger partial charge on any atom is 0.164 e. The molecule has 3 aromatic rings. The van der Waals surface area contributed by atoms with Crippen molar-refractivity contribution in [1.82, 2.24) is 14.5 Å². The number of aliphatic hydroxyl groups is 2. The van der Waals surface area contributed by atoms with Gasteiger partial charge in [-0.1, -0.05) is 17.7 Å². The van der Waals surface area contributed by atoms with Gasteiger partial charge >= 0.3 is 0 Å². The number of aromatic nitrogens is 3. The molecule has 0 aliphatic carbocycles. The molecule has 1 fully saturated rings. The van der Waals surface area contributed by atoms with Crippen molar-refractivity contribution in [1.29, 1.82) is 0 Å². The van der Waals surface area contributed by atoms with E-state index in [2.05, 4.69) is 9.97 Å². The molecule has 2 aliphatic rings. The second kappa shape index (κ2) is 6.15. The van der Waals surface area contributed by atoms with Crippen molar-refractivity contribution >= 4 is 28.5 Å². The Morgan fingerprint density at radius 1 is 1.19 bits per heavy atom. The Morgan fingerprint density at radius 3 is 2.89 bits per heavy atom. The van der Waals surface area contributed by atoms with Gasteiger partial charge in [-0.3, -0.25) is 0 Å². The molecule has 0 bridgehead atoms. The summed E-state index contributed by atoms with van der Waals surface area (Å²) in [6, 6.07) is 7.25. The zero-order valence-corrected chi connectivity index (χ0v) is 14.8. The van der Waals surface area contributed by atoms with Gasteiger partial charge in [0, 0.05) is 11.2 Å². The van der Waals surface area contributed by atoms with E-state index in [1.54, 1.807) is 22.9 Å². The fourth-order valence-electron chi connectivity index (χ4n) is 3.86. The lowest BCUT2D eigenvalue weighted by Crippen LogP contribution is -2.34. The van der Waals surface area contributed by atoms with Crippen molar-refractivity contribution in [2.24, 2.45) is 0 Å². The molecule has 2 aliphatic heterocycles. The number of anilines is 1. The lowest BCUT2D eigenvalue weighted by molar-refractivity contribution is -0.104. The predicted molar refractivity (Wildman–Crippen MR) is 96.8 cm³/mol. The van der Waals surface area contributed by atoms with E-state index in [1.807, 2.05) is 12.1 Å². The highest BCUT2D eigenvalue weighted by Gasteiger charge is 2.49. The fraction of sp³-hybridized carbons (Fsp3) is 0.333. The standard InChI is InChI=1S/C18H17ClN4O4/c19-9-2-1-8-6-26-14(11(8)5-9)15-12(24)13(25)18(27-15)23-4-3-10-16(20)21-7-22-17(10)23/h1-5,7,12-15,18,24-25H,6H2,(H2,20,21,22)/t12-,13+,14+,15-,18?/m0/s1. The van der Waals surface area contributed by atoms with Gasteiger partial charge in [-0.2, -0.15) is 0 Å². The summed E-state index contributed by atoms with van der Waals surface area (Å²) in [4.78, 5) is 8.19. The van der Waals surface area contributed by atoms with Crippen LogP contribution in [0.5, 0.6) is 0 Å². The normalized spacial score (nSPS) is 30.1. The van der Waals surface area contributed by atoms with E-state index in [0.29, 0.717) is 28.5 Å². The minimum atomic E-state index is -1.16. The zero-order valence-electron chi connectivity index (χ0n) is 14.1. The number of nitrogens with zero attached hydrogens (tertiary/aromatic N) is 3. The molecule has 4 heterocycles. The van der Waals surface area contributed by atoms with E-state index in [-0.39, 0.29) is 0 Å². The maximum absolute atomic E-state index is 10.6. The summed E-state index contributed by atoms with van der Waals surface area (Å²) in [6.07, 6.45) is -1.34. The summed E-state index contributed by atoms with van der Waals surface area (Å²) in [5, 5.41) is 22.5. The monoisotopic (exact) mass is 388 g/mol. The number of hydrogen-bond donors (Lipinski definition) is 3. The third-order valence-corrected chi connectivity index (χ3v) is 5.46. The van der Waals surface area contributed by atoms with Gasteiger partial charge in [-0.25, -0.2) is 9.97 Å². The number of benzene rings is 1. The summed E-state index contributed by atoms with van der Waals surface area (Å²) in [5.41, 5.74) is 8.25. The minimum absolute atomic E-state index is 0.339. The highest BCUT2D eigenvalue weighted by molar-refractivity contribution is 6.30. The van der Waals surface area contributed by atoms with Crippen LogP contribution in [-0.2, 0) is 16.1 Å². The molecule has 0 spiro atoms. The van der Waals surface area contributed by atoms with E-state index in [4.69, 9.17) is 26.8 Å². The highest BCUT2D eigenvalue weighted by atomic mass is 35.5. The first kappa shape index (κ1) is 16.9. The second-order valence-electron chi connectivity index (χ2n) is 6.77. The van der Waals surface area contributed by atoms with Crippen molar-refractivity contribution in [2.45, 2.75) is 37.3 Å². The molecule has 0 saturated carbocycles. The Morgan fingerprint density at radius 2 is 2.04 bits per heavy atom. The van der Waals surface area contributed by atoms with Crippen molar-refractivity contribution in [3.63, 3.8) is 0 Å². The third-order valence-electron chi connectivity index (χ3n) is 5.22. The Balaban J connectivity index is 1.50. The fourth-order valence-corrected chi connectivity index (χ4v) is 4.05. The van der Waals surface area contributed by atoms with E-state index >= 15 is 0 Å². The molecular weight excluding hydrogens is 372 g/mol. The van der Waals surface area contributed by atoms with E-state index < -0.39 is 30.6 Å². The maximum atomic E-state index is 10.6. The number of hydrogen-bond acceptors (Lipinski definition) is 7. The van der Waals surface area contributed by atoms with Gasteiger partial charge in [0.05, 0.1) is 12.0 Å². The molecule has 8 nitrogen and oxygen atoms in total. The van der Waals surface area contributed by atoms with Crippen LogP contribution in [0.15, 0.2) is 36.8 Å². The van der Waals surface area contributed by atoms with Crippen molar-refractivity contribution < 1.29 is 19.7 Å². The summed E-state index contributed by atoms with van der Waals surface area (Å²) < 4.78 is 13.5. The molecule has 4 N–H and O–H groups in total. The summed E-state index contributed by atoms with van der Waals surface area (Å²) in [7, 11) is 0. The van der Waals surface area contributed by atoms with Gasteiger partial charge < -0.3 is 30.0 Å². The minimum Gasteiger partial charge on any atom is -0.387 e. The Labute approximate surface area is 159 Å². The van der Waals surface area contributed by atoms with Crippen molar-refractivity contribution in [3.8, 4) is 0 Å². The molecule has 1 aromatic carbocycles. The predicted octanol–water partition coefficient (Wildman–Crippen LogP) is 1.56. The quantitative estimate of drug-likeness (QED) is 0.610. The number of ether oxygens (including phenoxy) is 2. The Kier molecular flexibility index (Phi) is 3.85. The summed E-state index contributed by atoms with van der Waals surface area (Å²) in [6.45, 7) is 0.403. The molecule has 0 amide bonds. The van der Waals surface area contributed by atoms with Crippen LogP contribution in [0.25, 0.3) is 11.0 Å². The zero-order chi connectivity index (χ0) is 18.7. The van der Waals surface area contributed by atoms with Crippen LogP contribution in [0.4, 0.5) is 5.82 Å². The first-order valence-corrected chi connectivity index (χ1v) is 8.91. The van der Waals surface area contributed by atoms with Crippen LogP contribution < -0.4 is 5.73 Å². The number of nitrogen functional groups attached to an aromatic ring is 1. The van der Waals surface area contributed by atoms with Crippen LogP contribution in [-0.4, -0.2) is 43.1 Å². The topological polar surface area (TPSA) is 116 Å². The second-order valence-corrected chi connectivity index (χ2v) is 7.20. The van der Waals surface area contributed by atoms with Crippen LogP contribution in [0.1, 0.15) is 23.5 Å². The average molecular weight is 389 g/mol. The van der Waals surface area contributed by atoms with Crippen molar-refractivity contribution in [2.75, 3.05) is 5.73 Å². The highest BCUT2D eigenvalue weighted by Crippen LogP contribution is 2.43. The number of halogens is 1. The van der Waals surface area contributed by atoms with E-state index in [9.17, 15) is 10.2 Å². The van der Waals surface area contributed by atoms with Crippen LogP contribution >= 0.6 is 11.6 Å². The van der Waals surface area contributed by atoms with Crippen molar-refractivity contribution in [3.05, 3.63) is 52.9 Å². The molecule has 1 unspecified atom stereocenters. The lowest BCUT2D eigenvalue weighted by atomic mass is 9.97. The molecule has 27 heavy (non-hydrogen) atoms. The van der Waals surface area contributed by atoms with Gasteiger partial charge in [-0.05, 0) is 29.3 Å². The van der Waals surface area contributed by atoms with Gasteiger partial charge in [0.1, 0.15) is 42.2 Å². The Hall–Kier alpha value is -2.23. The Bertz CT molecular complexity index is 1030. The van der Waals surface area contributed by atoms with Gasteiger partial charge in [-0.15, -0.1) is 0 Å². The smallest absolute Gasteiger partial charge is 0.164 e. The van der Waals surface area contributed by atoms with Crippen LogP contribution in [0, 0.1) is 0 Å². The first-order chi connectivity index (χ1) is 13.0. The lowest BCUT2D eigenvalue weighted by Gasteiger charge is -2.22. The summed E-state index contributed by atoms with van der Waals surface area (Å²) in [5.74, 6) is 0.339. The number of aliphatic hydroxyl groups excluding tert-OH is 2. The number of rotatable bonds is 2. The van der Waals surface area contributed by atoms with Crippen LogP contribution in [0.2, 0.25) is 5.02 Å². The molecule has 0 radical (unpaired) electrons. The van der Waals surface area contributed by atoms with E-state index in [0.717, 1.165) is 11.1 Å². The molecule has 2 aromatic heterocycles. The molecule has 140 valence electrons. The molecule has 1 saturated heterocycles. The SMILES string of the molecule is Nc1ncnc2c1ccn2C1O[C@H]([C@@H]2OCc3ccc(Cl)cc32)[C@@H](O)[C@H]1O. The van der Waals surface area contributed by atoms with Gasteiger partial charge in [0.25, 0.3) is 0 Å².